The second-order valence-electron chi connectivity index (χ2n) is 3.05. The summed E-state index contributed by atoms with van der Waals surface area (Å²) in [4.78, 5) is 10.7. The summed E-state index contributed by atoms with van der Waals surface area (Å²) in [5.74, 6) is -0.0457. The molecule has 0 aromatic heterocycles. The van der Waals surface area contributed by atoms with Crippen LogP contribution in [0.3, 0.4) is 0 Å². The largest absolute Gasteiger partial charge is 0.298 e. The molecule has 0 aliphatic rings. The van der Waals surface area contributed by atoms with Crippen LogP contribution in [0, 0.1) is 3.57 Å². The number of halogens is 4. The third kappa shape index (κ3) is 3.21. The van der Waals surface area contributed by atoms with Gasteiger partial charge >= 0.3 is 0 Å². The van der Waals surface area contributed by atoms with Crippen molar-refractivity contribution in [1.29, 1.82) is 0 Å². The Morgan fingerprint density at radius 3 is 2.47 bits per heavy atom. The van der Waals surface area contributed by atoms with Gasteiger partial charge in [-0.3, -0.25) is 4.79 Å². The van der Waals surface area contributed by atoms with Crippen molar-refractivity contribution in [3.63, 3.8) is 0 Å². The Balaban J connectivity index is 3.06. The van der Waals surface area contributed by atoms with Crippen LogP contribution < -0.4 is 0 Å². The molecule has 82 valence electrons. The van der Waals surface area contributed by atoms with Crippen LogP contribution in [0.1, 0.15) is 29.3 Å². The zero-order valence-corrected chi connectivity index (χ0v) is 11.6. The molecule has 15 heavy (non-hydrogen) atoms. The fraction of sp³-hybridized carbons (Fsp3) is 0.300. The molecule has 0 radical (unpaired) electrons. The highest BCUT2D eigenvalue weighted by atomic mass is 127. The number of ketones is 1. The van der Waals surface area contributed by atoms with Gasteiger partial charge in [0, 0.05) is 9.13 Å². The first kappa shape index (κ1) is 13.0. The number of benzene rings is 1. The Hall–Kier alpha value is -0.0400. The molecule has 0 spiro atoms. The number of hydrogen-bond acceptors (Lipinski definition) is 1. The fourth-order valence-corrected chi connectivity index (χ4v) is 2.17. The van der Waals surface area contributed by atoms with Crippen LogP contribution in [-0.4, -0.2) is 5.78 Å². The average Bonchev–Trinajstić information content (AvgIpc) is 2.15. The van der Waals surface area contributed by atoms with Crippen molar-refractivity contribution in [3.05, 3.63) is 32.9 Å². The lowest BCUT2D eigenvalue weighted by Gasteiger charge is -2.09. The summed E-state index contributed by atoms with van der Waals surface area (Å²) in [6, 6.07) is 4.51. The topological polar surface area (TPSA) is 17.1 Å². The molecule has 0 amide bonds. The molecule has 1 unspecified atom stereocenters. The summed E-state index contributed by atoms with van der Waals surface area (Å²) in [5.41, 5.74) is 0.707. The molecule has 0 aliphatic heterocycles. The average molecular weight is 389 g/mol. The van der Waals surface area contributed by atoms with Gasteiger partial charge in [-0.25, -0.2) is 8.78 Å². The number of hydrogen-bond donors (Lipinski definition) is 0. The summed E-state index contributed by atoms with van der Waals surface area (Å²) in [7, 11) is 0. The van der Waals surface area contributed by atoms with Crippen molar-refractivity contribution in [2.45, 2.75) is 18.2 Å². The lowest BCUT2D eigenvalue weighted by atomic mass is 10.1. The Kier molecular flexibility index (Phi) is 4.64. The van der Waals surface area contributed by atoms with E-state index in [2.05, 4.69) is 15.9 Å². The minimum absolute atomic E-state index is 0.00241. The number of rotatable bonds is 3. The summed E-state index contributed by atoms with van der Waals surface area (Å²) >= 11 is 5.05. The van der Waals surface area contributed by atoms with Crippen molar-refractivity contribution >= 4 is 44.3 Å². The van der Waals surface area contributed by atoms with Crippen LogP contribution in [0.4, 0.5) is 8.78 Å². The van der Waals surface area contributed by atoms with E-state index >= 15 is 0 Å². The standard InChI is InChI=1S/C10H8BrF2IO/c1-5(15)9(11)6-2-3-7(10(12)13)8(14)4-6/h2-4,9-10H,1H3. The Labute approximate surface area is 109 Å². The van der Waals surface area contributed by atoms with Gasteiger partial charge in [0.15, 0.2) is 0 Å². The minimum Gasteiger partial charge on any atom is -0.298 e. The van der Waals surface area contributed by atoms with Gasteiger partial charge in [-0.1, -0.05) is 28.1 Å². The molecule has 0 N–H and O–H groups in total. The van der Waals surface area contributed by atoms with E-state index in [9.17, 15) is 13.6 Å². The zero-order chi connectivity index (χ0) is 11.6. The van der Waals surface area contributed by atoms with Gasteiger partial charge in [-0.2, -0.15) is 0 Å². The van der Waals surface area contributed by atoms with E-state index in [1.807, 2.05) is 22.6 Å². The van der Waals surface area contributed by atoms with E-state index in [-0.39, 0.29) is 11.3 Å². The van der Waals surface area contributed by atoms with Crippen LogP contribution in [0.15, 0.2) is 18.2 Å². The number of carbonyl (C=O) groups excluding carboxylic acids is 1. The maximum atomic E-state index is 12.4. The Bertz CT molecular complexity index is 382. The predicted molar refractivity (Wildman–Crippen MR) is 66.5 cm³/mol. The molecule has 0 aliphatic carbocycles. The second kappa shape index (κ2) is 5.34. The number of alkyl halides is 3. The molecule has 0 bridgehead atoms. The Morgan fingerprint density at radius 1 is 1.47 bits per heavy atom. The quantitative estimate of drug-likeness (QED) is 0.558. The van der Waals surface area contributed by atoms with Gasteiger partial charge in [0.25, 0.3) is 6.43 Å². The van der Waals surface area contributed by atoms with E-state index in [0.29, 0.717) is 9.13 Å². The maximum Gasteiger partial charge on any atom is 0.264 e. The Morgan fingerprint density at radius 2 is 2.07 bits per heavy atom. The molecule has 1 nitrogen and oxygen atoms in total. The molecule has 1 rings (SSSR count). The zero-order valence-electron chi connectivity index (χ0n) is 7.81. The fourth-order valence-electron chi connectivity index (χ4n) is 1.11. The van der Waals surface area contributed by atoms with Gasteiger partial charge in [-0.15, -0.1) is 0 Å². The van der Waals surface area contributed by atoms with Crippen molar-refractivity contribution in [2.75, 3.05) is 0 Å². The van der Waals surface area contributed by atoms with Crippen LogP contribution in [0.2, 0.25) is 0 Å². The van der Waals surface area contributed by atoms with Crippen molar-refractivity contribution in [2.24, 2.45) is 0 Å². The molecule has 0 heterocycles. The molecular weight excluding hydrogens is 381 g/mol. The molecule has 0 saturated carbocycles. The lowest BCUT2D eigenvalue weighted by molar-refractivity contribution is -0.116. The van der Waals surface area contributed by atoms with Gasteiger partial charge in [0.1, 0.15) is 5.78 Å². The third-order valence-corrected chi connectivity index (χ3v) is 4.02. The highest BCUT2D eigenvalue weighted by molar-refractivity contribution is 14.1. The monoisotopic (exact) mass is 388 g/mol. The molecule has 5 heteroatoms. The van der Waals surface area contributed by atoms with E-state index in [1.165, 1.54) is 13.0 Å². The summed E-state index contributed by atoms with van der Waals surface area (Å²) < 4.78 is 25.3. The molecule has 1 atom stereocenters. The highest BCUT2D eigenvalue weighted by Gasteiger charge is 2.16. The predicted octanol–water partition coefficient (Wildman–Crippen LogP) is 4.25. The third-order valence-electron chi connectivity index (χ3n) is 1.91. The van der Waals surface area contributed by atoms with Gasteiger partial charge < -0.3 is 0 Å². The highest BCUT2D eigenvalue weighted by Crippen LogP contribution is 2.30. The van der Waals surface area contributed by atoms with Crippen LogP contribution in [-0.2, 0) is 4.79 Å². The molecule has 1 aromatic carbocycles. The molecule has 0 fully saturated rings. The first-order valence-electron chi connectivity index (χ1n) is 4.15. The molecular formula is C10H8BrF2IO. The van der Waals surface area contributed by atoms with Gasteiger partial charge in [0.05, 0.1) is 4.83 Å². The van der Waals surface area contributed by atoms with Crippen molar-refractivity contribution in [1.82, 2.24) is 0 Å². The van der Waals surface area contributed by atoms with Crippen LogP contribution in [0.25, 0.3) is 0 Å². The number of Topliss-reactive ketones (excluding diaryl/α,β-unsaturated/α-hetero) is 1. The second-order valence-corrected chi connectivity index (χ2v) is 5.13. The molecule has 0 saturated heterocycles. The molecule has 1 aromatic rings. The summed E-state index contributed by atoms with van der Waals surface area (Å²) in [6.07, 6.45) is -2.47. The van der Waals surface area contributed by atoms with Gasteiger partial charge in [0.2, 0.25) is 0 Å². The van der Waals surface area contributed by atoms with Crippen molar-refractivity contribution < 1.29 is 13.6 Å². The lowest BCUT2D eigenvalue weighted by Crippen LogP contribution is -2.02. The van der Waals surface area contributed by atoms with Crippen molar-refractivity contribution in [3.8, 4) is 0 Å². The first-order chi connectivity index (χ1) is 6.93. The first-order valence-corrected chi connectivity index (χ1v) is 6.15. The smallest absolute Gasteiger partial charge is 0.264 e. The summed E-state index contributed by atoms with van der Waals surface area (Å²) in [5, 5.41) is 0. The van der Waals surface area contributed by atoms with Crippen LogP contribution >= 0.6 is 38.5 Å². The van der Waals surface area contributed by atoms with Crippen LogP contribution in [0.5, 0.6) is 0 Å². The van der Waals surface area contributed by atoms with E-state index in [1.54, 1.807) is 12.1 Å². The van der Waals surface area contributed by atoms with E-state index < -0.39 is 11.3 Å². The van der Waals surface area contributed by atoms with Gasteiger partial charge in [-0.05, 0) is 41.1 Å². The maximum absolute atomic E-state index is 12.4. The van der Waals surface area contributed by atoms with E-state index in [0.717, 1.165) is 0 Å². The normalized spacial score (nSPS) is 12.9. The SMILES string of the molecule is CC(=O)C(Br)c1ccc(C(F)F)c(I)c1. The van der Waals surface area contributed by atoms with E-state index in [4.69, 9.17) is 0 Å². The number of carbonyl (C=O) groups is 1. The summed E-state index contributed by atoms with van der Waals surface area (Å²) in [6.45, 7) is 1.45. The minimum atomic E-state index is -2.47.